The minimum atomic E-state index is -0.913. The number of ether oxygens (including phenoxy) is 1. The van der Waals surface area contributed by atoms with E-state index in [2.05, 4.69) is 5.32 Å². The van der Waals surface area contributed by atoms with E-state index < -0.39 is 11.4 Å². The third kappa shape index (κ3) is 2.92. The van der Waals surface area contributed by atoms with Crippen LogP contribution in [0.25, 0.3) is 0 Å². The molecule has 86 valence electrons. The molecule has 0 saturated carbocycles. The minimum Gasteiger partial charge on any atom is -0.481 e. The Kier molecular flexibility index (Phi) is 4.08. The summed E-state index contributed by atoms with van der Waals surface area (Å²) in [5.41, 5.74) is -0.913. The van der Waals surface area contributed by atoms with Gasteiger partial charge in [0, 0.05) is 19.6 Å². The second kappa shape index (κ2) is 5.11. The van der Waals surface area contributed by atoms with Crippen LogP contribution in [0.3, 0.4) is 0 Å². The number of carbonyl (C=O) groups excluding carboxylic acids is 1. The molecule has 1 heterocycles. The first-order valence-electron chi connectivity index (χ1n) is 5.18. The number of hydrogen-bond donors (Lipinski definition) is 2. The average Bonchev–Trinajstić information content (AvgIpc) is 2.65. The number of hydrogen-bond acceptors (Lipinski definition) is 3. The summed E-state index contributed by atoms with van der Waals surface area (Å²) in [7, 11) is 0. The molecule has 1 fully saturated rings. The highest BCUT2D eigenvalue weighted by Crippen LogP contribution is 2.28. The van der Waals surface area contributed by atoms with Gasteiger partial charge in [-0.2, -0.15) is 0 Å². The van der Waals surface area contributed by atoms with E-state index in [9.17, 15) is 9.59 Å². The molecule has 2 N–H and O–H groups in total. The summed E-state index contributed by atoms with van der Waals surface area (Å²) >= 11 is 0. The molecule has 1 aliphatic heterocycles. The maximum Gasteiger partial charge on any atom is 0.313 e. The molecule has 5 nitrogen and oxygen atoms in total. The molecule has 0 radical (unpaired) electrons. The van der Waals surface area contributed by atoms with Crippen molar-refractivity contribution in [1.29, 1.82) is 0 Å². The van der Waals surface area contributed by atoms with Crippen molar-refractivity contribution >= 4 is 11.9 Å². The van der Waals surface area contributed by atoms with Crippen LogP contribution < -0.4 is 5.32 Å². The van der Waals surface area contributed by atoms with E-state index in [4.69, 9.17) is 9.84 Å². The third-order valence-electron chi connectivity index (χ3n) is 2.66. The number of nitrogens with one attached hydrogen (secondary N) is 1. The summed E-state index contributed by atoms with van der Waals surface area (Å²) < 4.78 is 5.08. The van der Waals surface area contributed by atoms with Gasteiger partial charge in [0.25, 0.3) is 0 Å². The minimum absolute atomic E-state index is 0.0926. The Balaban J connectivity index is 2.46. The van der Waals surface area contributed by atoms with E-state index in [1.807, 2.05) is 6.92 Å². The zero-order valence-corrected chi connectivity index (χ0v) is 8.91. The van der Waals surface area contributed by atoms with Crippen LogP contribution in [0, 0.1) is 5.41 Å². The first-order chi connectivity index (χ1) is 7.10. The van der Waals surface area contributed by atoms with Crippen molar-refractivity contribution in [2.24, 2.45) is 5.41 Å². The van der Waals surface area contributed by atoms with Crippen LogP contribution in [0.4, 0.5) is 0 Å². The van der Waals surface area contributed by atoms with Crippen LogP contribution in [0.2, 0.25) is 0 Å². The third-order valence-corrected chi connectivity index (χ3v) is 2.66. The summed E-state index contributed by atoms with van der Waals surface area (Å²) in [4.78, 5) is 22.3. The van der Waals surface area contributed by atoms with Gasteiger partial charge < -0.3 is 15.2 Å². The zero-order chi connectivity index (χ0) is 11.3. The Hall–Kier alpha value is -1.10. The van der Waals surface area contributed by atoms with Gasteiger partial charge in [-0.05, 0) is 12.8 Å². The Labute approximate surface area is 88.8 Å². The Morgan fingerprint density at radius 1 is 1.53 bits per heavy atom. The molecule has 1 amide bonds. The number of amides is 1. The molecule has 5 heteroatoms. The van der Waals surface area contributed by atoms with Gasteiger partial charge >= 0.3 is 5.97 Å². The summed E-state index contributed by atoms with van der Waals surface area (Å²) in [6.07, 6.45) is 1.67. The van der Waals surface area contributed by atoms with Crippen molar-refractivity contribution in [3.8, 4) is 0 Å². The largest absolute Gasteiger partial charge is 0.481 e. The normalized spacial score (nSPS) is 25.1. The van der Waals surface area contributed by atoms with E-state index in [1.54, 1.807) is 0 Å². The monoisotopic (exact) mass is 215 g/mol. The zero-order valence-electron chi connectivity index (χ0n) is 8.91. The molecule has 1 saturated heterocycles. The fourth-order valence-corrected chi connectivity index (χ4v) is 1.57. The summed E-state index contributed by atoms with van der Waals surface area (Å²) in [5.74, 6) is -0.984. The summed E-state index contributed by atoms with van der Waals surface area (Å²) in [6, 6.07) is 0. The van der Waals surface area contributed by atoms with E-state index >= 15 is 0 Å². The van der Waals surface area contributed by atoms with Gasteiger partial charge in [-0.3, -0.25) is 9.59 Å². The van der Waals surface area contributed by atoms with Crippen molar-refractivity contribution in [1.82, 2.24) is 5.32 Å². The molecule has 0 aromatic carbocycles. The van der Waals surface area contributed by atoms with Crippen LogP contribution in [-0.2, 0) is 14.3 Å². The first-order valence-corrected chi connectivity index (χ1v) is 5.18. The van der Waals surface area contributed by atoms with Gasteiger partial charge in [-0.15, -0.1) is 0 Å². The van der Waals surface area contributed by atoms with Crippen LogP contribution >= 0.6 is 0 Å². The Bertz CT molecular complexity index is 246. The molecule has 1 aliphatic rings. The number of aliphatic carboxylic acids is 1. The molecule has 1 rings (SSSR count). The highest BCUT2D eigenvalue weighted by Gasteiger charge is 2.42. The van der Waals surface area contributed by atoms with Crippen LogP contribution in [0.5, 0.6) is 0 Å². The number of carbonyl (C=O) groups is 2. The predicted octanol–water partition coefficient (Wildman–Crippen LogP) is 0.394. The molecule has 0 bridgehead atoms. The van der Waals surface area contributed by atoms with Gasteiger partial charge in [0.2, 0.25) is 5.91 Å². The smallest absolute Gasteiger partial charge is 0.313 e. The van der Waals surface area contributed by atoms with Crippen molar-refractivity contribution in [3.63, 3.8) is 0 Å². The quantitative estimate of drug-likeness (QED) is 0.695. The van der Waals surface area contributed by atoms with Crippen molar-refractivity contribution in [2.45, 2.75) is 26.2 Å². The average molecular weight is 215 g/mol. The molecule has 1 atom stereocenters. The summed E-state index contributed by atoms with van der Waals surface area (Å²) in [6.45, 7) is 2.72. The van der Waals surface area contributed by atoms with Gasteiger partial charge in [-0.25, -0.2) is 0 Å². The standard InChI is InChI=1S/C10H17NO4/c1-2-3-8(12)11-6-10(9(13)14)4-5-15-7-10/h2-7H2,1H3,(H,11,12)(H,13,14). The molecular weight excluding hydrogens is 198 g/mol. The lowest BCUT2D eigenvalue weighted by Gasteiger charge is -2.22. The molecule has 0 spiro atoms. The second-order valence-electron chi connectivity index (χ2n) is 3.91. The van der Waals surface area contributed by atoms with Crippen LogP contribution in [0.1, 0.15) is 26.2 Å². The molecule has 0 aliphatic carbocycles. The maximum atomic E-state index is 11.2. The van der Waals surface area contributed by atoms with Crippen molar-refractivity contribution < 1.29 is 19.4 Å². The molecular formula is C10H17NO4. The lowest BCUT2D eigenvalue weighted by atomic mass is 9.87. The van der Waals surface area contributed by atoms with E-state index in [1.165, 1.54) is 0 Å². The highest BCUT2D eigenvalue weighted by molar-refractivity contribution is 5.79. The van der Waals surface area contributed by atoms with E-state index in [-0.39, 0.29) is 19.1 Å². The lowest BCUT2D eigenvalue weighted by molar-refractivity contribution is -0.148. The van der Waals surface area contributed by atoms with Crippen molar-refractivity contribution in [2.75, 3.05) is 19.8 Å². The number of rotatable bonds is 5. The Morgan fingerprint density at radius 3 is 2.73 bits per heavy atom. The first kappa shape index (κ1) is 12.0. The molecule has 1 unspecified atom stereocenters. The van der Waals surface area contributed by atoms with Crippen LogP contribution in [-0.4, -0.2) is 36.7 Å². The predicted molar refractivity (Wildman–Crippen MR) is 53.4 cm³/mol. The van der Waals surface area contributed by atoms with Crippen molar-refractivity contribution in [3.05, 3.63) is 0 Å². The van der Waals surface area contributed by atoms with Crippen LogP contribution in [0.15, 0.2) is 0 Å². The Morgan fingerprint density at radius 2 is 2.27 bits per heavy atom. The SMILES string of the molecule is CCCC(=O)NCC1(C(=O)O)CCOC1. The van der Waals surface area contributed by atoms with E-state index in [0.717, 1.165) is 6.42 Å². The second-order valence-corrected chi connectivity index (χ2v) is 3.91. The maximum absolute atomic E-state index is 11.2. The topological polar surface area (TPSA) is 75.6 Å². The number of carboxylic acid groups (broad SMARTS) is 1. The molecule has 0 aromatic heterocycles. The van der Waals surface area contributed by atoms with Gasteiger partial charge in [-0.1, -0.05) is 6.92 Å². The van der Waals surface area contributed by atoms with Gasteiger partial charge in [0.15, 0.2) is 0 Å². The van der Waals surface area contributed by atoms with Gasteiger partial charge in [0.1, 0.15) is 5.41 Å². The fourth-order valence-electron chi connectivity index (χ4n) is 1.57. The number of carboxylic acids is 1. The highest BCUT2D eigenvalue weighted by atomic mass is 16.5. The molecule has 0 aromatic rings. The fraction of sp³-hybridized carbons (Fsp3) is 0.800. The molecule has 15 heavy (non-hydrogen) atoms. The van der Waals surface area contributed by atoms with Gasteiger partial charge in [0.05, 0.1) is 6.61 Å². The lowest BCUT2D eigenvalue weighted by Crippen LogP contribution is -2.43. The van der Waals surface area contributed by atoms with E-state index in [0.29, 0.717) is 19.4 Å². The summed E-state index contributed by atoms with van der Waals surface area (Å²) in [5, 5.41) is 11.7.